The fourth-order valence-electron chi connectivity index (χ4n) is 0.428. The third-order valence-electron chi connectivity index (χ3n) is 0.742. The molecule has 5 N–H and O–H groups in total. The molecule has 0 bridgehead atoms. The zero-order valence-electron chi connectivity index (χ0n) is 4.85. The van der Waals surface area contributed by atoms with Crippen LogP contribution in [-0.2, 0) is 0 Å². The highest BCUT2D eigenvalue weighted by atomic mass is 16.2. The van der Waals surface area contributed by atoms with Crippen molar-refractivity contribution in [3.8, 4) is 0 Å². The van der Waals surface area contributed by atoms with Gasteiger partial charge in [0.1, 0.15) is 0 Å². The first-order chi connectivity index (χ1) is 4.62. The molecule has 0 aromatic rings. The molecule has 1 aliphatic rings. The summed E-state index contributed by atoms with van der Waals surface area (Å²) in [6, 6.07) is -0.831. The Kier molecular flexibility index (Phi) is 1.30. The Labute approximate surface area is 55.4 Å². The molecule has 0 aromatic carbocycles. The van der Waals surface area contributed by atoms with Gasteiger partial charge in [-0.05, 0) is 10.4 Å². The van der Waals surface area contributed by atoms with Gasteiger partial charge in [-0.15, -0.1) is 0 Å². The number of nitrogens with one attached hydrogen (secondary N) is 1. The number of urea groups is 1. The molecular formula is C2H5N7O. The number of amides is 2. The van der Waals surface area contributed by atoms with Gasteiger partial charge in [0, 0.05) is 0 Å². The maximum Gasteiger partial charge on any atom is 0.327 e. The van der Waals surface area contributed by atoms with Crippen LogP contribution in [0.5, 0.6) is 0 Å². The predicted molar refractivity (Wildman–Crippen MR) is 29.3 cm³/mol. The van der Waals surface area contributed by atoms with Crippen molar-refractivity contribution in [1.82, 2.24) is 5.32 Å². The van der Waals surface area contributed by atoms with Crippen molar-refractivity contribution in [3.63, 3.8) is 0 Å². The highest BCUT2D eigenvalue weighted by Crippen LogP contribution is 2.08. The van der Waals surface area contributed by atoms with E-state index in [1.54, 1.807) is 0 Å². The summed E-state index contributed by atoms with van der Waals surface area (Å²) in [6.45, 7) is 0. The van der Waals surface area contributed by atoms with E-state index in [2.05, 4.69) is 20.7 Å². The lowest BCUT2D eigenvalue weighted by molar-refractivity contribution is 0.235. The molecule has 1 rings (SSSR count). The van der Waals surface area contributed by atoms with Crippen LogP contribution in [-0.4, -0.2) is 11.9 Å². The van der Waals surface area contributed by atoms with E-state index in [1.165, 1.54) is 0 Å². The Hall–Kier alpha value is -1.57. The number of carbonyl (C=O) groups excluding carboxylic acids is 1. The van der Waals surface area contributed by atoms with Crippen LogP contribution < -0.4 is 16.8 Å². The monoisotopic (exact) mass is 143 g/mol. The molecular weight excluding hydrogens is 138 g/mol. The van der Waals surface area contributed by atoms with E-state index in [9.17, 15) is 4.79 Å². The number of hydrogen-bond acceptors (Lipinski definition) is 6. The second-order valence-corrected chi connectivity index (χ2v) is 1.59. The van der Waals surface area contributed by atoms with Crippen LogP contribution in [0.3, 0.4) is 0 Å². The van der Waals surface area contributed by atoms with Crippen molar-refractivity contribution in [1.29, 1.82) is 0 Å². The Morgan fingerprint density at radius 2 is 1.90 bits per heavy atom. The molecule has 2 amide bonds. The predicted octanol–water partition coefficient (Wildman–Crippen LogP) is -0.942. The summed E-state index contributed by atoms with van der Waals surface area (Å²) in [6.07, 6.45) is 0. The van der Waals surface area contributed by atoms with Crippen LogP contribution >= 0.6 is 0 Å². The van der Waals surface area contributed by atoms with Gasteiger partial charge in [0.2, 0.25) is 0 Å². The van der Waals surface area contributed by atoms with Crippen molar-refractivity contribution in [2.45, 2.75) is 5.91 Å². The lowest BCUT2D eigenvalue weighted by Gasteiger charge is -2.11. The molecule has 0 saturated carbocycles. The summed E-state index contributed by atoms with van der Waals surface area (Å²) in [7, 11) is 0. The highest BCUT2D eigenvalue weighted by molar-refractivity contribution is 5.72. The minimum atomic E-state index is -1.59. The smallest absolute Gasteiger partial charge is 0.327 e. The quantitative estimate of drug-likeness (QED) is 0.409. The zero-order chi connectivity index (χ0) is 7.61. The summed E-state index contributed by atoms with van der Waals surface area (Å²) >= 11 is 0. The molecule has 0 fully saturated rings. The molecule has 0 radical (unpaired) electrons. The standard InChI is InChI=1S/C2H5N7O/c3-1(10)5-2(4)6-8-9-7-2/h4H2,(H3,3,5,10). The van der Waals surface area contributed by atoms with Gasteiger partial charge in [0.05, 0.1) is 0 Å². The van der Waals surface area contributed by atoms with Crippen LogP contribution in [0, 0.1) is 0 Å². The van der Waals surface area contributed by atoms with Gasteiger partial charge in [0.25, 0.3) is 0 Å². The van der Waals surface area contributed by atoms with E-state index in [-0.39, 0.29) is 0 Å². The maximum absolute atomic E-state index is 10.2. The minimum Gasteiger partial charge on any atom is -0.352 e. The molecule has 1 heterocycles. The van der Waals surface area contributed by atoms with E-state index in [0.29, 0.717) is 0 Å². The summed E-state index contributed by atoms with van der Waals surface area (Å²) in [5.41, 5.74) is 9.95. The van der Waals surface area contributed by atoms with E-state index in [4.69, 9.17) is 11.5 Å². The number of carbonyl (C=O) groups is 1. The SMILES string of the molecule is NC(=O)NC1(N)N=NN=N1. The average Bonchev–Trinajstić information content (AvgIpc) is 2.12. The normalized spacial score (nSPS) is 19.3. The van der Waals surface area contributed by atoms with Crippen molar-refractivity contribution in [2.24, 2.45) is 32.1 Å². The van der Waals surface area contributed by atoms with Crippen LogP contribution in [0.4, 0.5) is 4.79 Å². The Bertz CT molecular complexity index is 194. The van der Waals surface area contributed by atoms with Crippen LogP contribution in [0.15, 0.2) is 20.7 Å². The number of nitrogens with two attached hydrogens (primary N) is 2. The fraction of sp³-hybridized carbons (Fsp3) is 0.500. The summed E-state index contributed by atoms with van der Waals surface area (Å²) in [5, 5.41) is 14.7. The Balaban J connectivity index is 2.62. The van der Waals surface area contributed by atoms with Gasteiger partial charge in [-0.1, -0.05) is 10.2 Å². The lowest BCUT2D eigenvalue weighted by atomic mass is 10.7. The first-order valence-corrected chi connectivity index (χ1v) is 2.33. The van der Waals surface area contributed by atoms with E-state index >= 15 is 0 Å². The van der Waals surface area contributed by atoms with Gasteiger partial charge in [0.15, 0.2) is 0 Å². The topological polar surface area (TPSA) is 131 Å². The Morgan fingerprint density at radius 1 is 1.40 bits per heavy atom. The molecule has 1 aliphatic heterocycles. The first-order valence-electron chi connectivity index (χ1n) is 2.33. The maximum atomic E-state index is 10.2. The fourth-order valence-corrected chi connectivity index (χ4v) is 0.428. The van der Waals surface area contributed by atoms with Crippen molar-refractivity contribution in [3.05, 3.63) is 0 Å². The molecule has 8 nitrogen and oxygen atoms in total. The number of hydrogen-bond donors (Lipinski definition) is 3. The van der Waals surface area contributed by atoms with Crippen molar-refractivity contribution >= 4 is 6.03 Å². The second-order valence-electron chi connectivity index (χ2n) is 1.59. The zero-order valence-corrected chi connectivity index (χ0v) is 4.85. The van der Waals surface area contributed by atoms with Gasteiger partial charge in [-0.25, -0.2) is 4.79 Å². The number of primary amides is 1. The van der Waals surface area contributed by atoms with Crippen molar-refractivity contribution in [2.75, 3.05) is 0 Å². The van der Waals surface area contributed by atoms with Gasteiger partial charge in [-0.2, -0.15) is 0 Å². The molecule has 0 aliphatic carbocycles. The van der Waals surface area contributed by atoms with E-state index in [1.807, 2.05) is 5.32 Å². The Morgan fingerprint density at radius 3 is 2.30 bits per heavy atom. The molecule has 8 heteroatoms. The molecule has 54 valence electrons. The summed E-state index contributed by atoms with van der Waals surface area (Å²) in [4.78, 5) is 10.2. The highest BCUT2D eigenvalue weighted by Gasteiger charge is 2.28. The van der Waals surface area contributed by atoms with E-state index < -0.39 is 11.9 Å². The number of rotatable bonds is 1. The molecule has 0 spiro atoms. The third kappa shape index (κ3) is 1.23. The molecule has 0 aromatic heterocycles. The first kappa shape index (κ1) is 6.55. The molecule has 0 unspecified atom stereocenters. The van der Waals surface area contributed by atoms with Crippen molar-refractivity contribution < 1.29 is 4.79 Å². The van der Waals surface area contributed by atoms with Crippen LogP contribution in [0.1, 0.15) is 0 Å². The minimum absolute atomic E-state index is 0.831. The van der Waals surface area contributed by atoms with Gasteiger partial charge >= 0.3 is 11.9 Å². The molecule has 0 saturated heterocycles. The lowest BCUT2D eigenvalue weighted by Crippen LogP contribution is -2.53. The summed E-state index contributed by atoms with van der Waals surface area (Å²) in [5.74, 6) is -1.59. The largest absolute Gasteiger partial charge is 0.352 e. The second kappa shape index (κ2) is 1.99. The summed E-state index contributed by atoms with van der Waals surface area (Å²) < 4.78 is 0. The number of nitrogens with zero attached hydrogens (tertiary/aromatic N) is 4. The van der Waals surface area contributed by atoms with Crippen LogP contribution in [0.25, 0.3) is 0 Å². The average molecular weight is 143 g/mol. The van der Waals surface area contributed by atoms with Crippen LogP contribution in [0.2, 0.25) is 0 Å². The molecule has 0 atom stereocenters. The molecule has 10 heavy (non-hydrogen) atoms. The van der Waals surface area contributed by atoms with Gasteiger partial charge < -0.3 is 5.73 Å². The van der Waals surface area contributed by atoms with E-state index in [0.717, 1.165) is 0 Å². The third-order valence-corrected chi connectivity index (χ3v) is 0.742. The van der Waals surface area contributed by atoms with Gasteiger partial charge in [-0.3, -0.25) is 11.1 Å².